The quantitative estimate of drug-likeness (QED) is 0.909. The lowest BCUT2D eigenvalue weighted by Gasteiger charge is -2.27. The number of rotatable bonds is 2. The maximum Gasteiger partial charge on any atom is 0.317 e. The van der Waals surface area contributed by atoms with E-state index in [2.05, 4.69) is 17.3 Å². The van der Waals surface area contributed by atoms with E-state index in [4.69, 9.17) is 0 Å². The molecule has 1 aromatic carbocycles. The van der Waals surface area contributed by atoms with Crippen molar-refractivity contribution in [2.24, 2.45) is 0 Å². The highest BCUT2D eigenvalue weighted by Gasteiger charge is 2.36. The molecular formula is C18H26FN3O. The van der Waals surface area contributed by atoms with Crippen molar-refractivity contribution in [1.29, 1.82) is 0 Å². The molecule has 1 N–H and O–H groups in total. The summed E-state index contributed by atoms with van der Waals surface area (Å²) in [5, 5.41) is 3.02. The van der Waals surface area contributed by atoms with Crippen LogP contribution in [0.4, 0.5) is 9.18 Å². The molecule has 0 unspecified atom stereocenters. The molecule has 2 aliphatic heterocycles. The molecule has 5 heteroatoms. The number of carbonyl (C=O) groups excluding carboxylic acids is 1. The average molecular weight is 319 g/mol. The summed E-state index contributed by atoms with van der Waals surface area (Å²) in [5.41, 5.74) is 1.42. The first-order valence-corrected chi connectivity index (χ1v) is 8.49. The Morgan fingerprint density at radius 2 is 2.04 bits per heavy atom. The Morgan fingerprint density at radius 1 is 1.30 bits per heavy atom. The van der Waals surface area contributed by atoms with Crippen LogP contribution >= 0.6 is 0 Å². The van der Waals surface area contributed by atoms with Gasteiger partial charge >= 0.3 is 6.03 Å². The Hall–Kier alpha value is -1.62. The zero-order valence-electron chi connectivity index (χ0n) is 14.2. The maximum absolute atomic E-state index is 13.7. The second-order valence-electron chi connectivity index (χ2n) is 6.96. The fourth-order valence-electron chi connectivity index (χ4n) is 3.73. The van der Waals surface area contributed by atoms with Crippen molar-refractivity contribution in [2.75, 3.05) is 20.1 Å². The predicted octanol–water partition coefficient (Wildman–Crippen LogP) is 3.07. The number of fused-ring (bicyclic) bond motifs is 2. The van der Waals surface area contributed by atoms with Crippen molar-refractivity contribution in [1.82, 2.24) is 15.1 Å². The second kappa shape index (κ2) is 6.48. The minimum absolute atomic E-state index is 0.0422. The molecule has 3 atom stereocenters. The summed E-state index contributed by atoms with van der Waals surface area (Å²) in [7, 11) is 2.17. The SMILES string of the molecule is Cc1ccc([C@H](C)NC(=O)N2CC[C@H]3CC[C@@H](C2)N3C)cc1F. The molecule has 23 heavy (non-hydrogen) atoms. The van der Waals surface area contributed by atoms with Gasteiger partial charge in [0.05, 0.1) is 6.04 Å². The summed E-state index contributed by atoms with van der Waals surface area (Å²) in [4.78, 5) is 16.9. The Morgan fingerprint density at radius 3 is 2.78 bits per heavy atom. The molecular weight excluding hydrogens is 293 g/mol. The van der Waals surface area contributed by atoms with Crippen LogP contribution in [0.25, 0.3) is 0 Å². The predicted molar refractivity (Wildman–Crippen MR) is 88.8 cm³/mol. The van der Waals surface area contributed by atoms with E-state index in [1.807, 2.05) is 17.9 Å². The second-order valence-corrected chi connectivity index (χ2v) is 6.96. The van der Waals surface area contributed by atoms with Crippen LogP contribution in [0.3, 0.4) is 0 Å². The molecule has 0 saturated carbocycles. The van der Waals surface area contributed by atoms with E-state index in [-0.39, 0.29) is 17.9 Å². The van der Waals surface area contributed by atoms with Gasteiger partial charge in [-0.3, -0.25) is 4.90 Å². The number of benzene rings is 1. The number of aryl methyl sites for hydroxylation is 1. The molecule has 2 bridgehead atoms. The van der Waals surface area contributed by atoms with Crippen molar-refractivity contribution in [3.8, 4) is 0 Å². The van der Waals surface area contributed by atoms with E-state index in [9.17, 15) is 9.18 Å². The van der Waals surface area contributed by atoms with Gasteiger partial charge in [0.25, 0.3) is 0 Å². The number of likely N-dealkylation sites (N-methyl/N-ethyl adjacent to an activating group) is 1. The molecule has 2 fully saturated rings. The molecule has 2 amide bonds. The summed E-state index contributed by atoms with van der Waals surface area (Å²) in [6.07, 6.45) is 3.45. The van der Waals surface area contributed by atoms with Gasteiger partial charge in [0.2, 0.25) is 0 Å². The number of carbonyl (C=O) groups is 1. The molecule has 3 rings (SSSR count). The first kappa shape index (κ1) is 16.2. The highest BCUT2D eigenvalue weighted by molar-refractivity contribution is 5.74. The lowest BCUT2D eigenvalue weighted by Crippen LogP contribution is -2.45. The van der Waals surface area contributed by atoms with E-state index in [1.165, 1.54) is 18.9 Å². The molecule has 0 aliphatic carbocycles. The van der Waals surface area contributed by atoms with Gasteiger partial charge in [-0.05, 0) is 57.4 Å². The van der Waals surface area contributed by atoms with E-state index in [0.717, 1.165) is 25.1 Å². The monoisotopic (exact) mass is 319 g/mol. The molecule has 4 nitrogen and oxygen atoms in total. The minimum atomic E-state index is -0.225. The average Bonchev–Trinajstić information content (AvgIpc) is 2.74. The lowest BCUT2D eigenvalue weighted by atomic mass is 10.1. The number of amides is 2. The number of hydrogen-bond donors (Lipinski definition) is 1. The van der Waals surface area contributed by atoms with E-state index in [0.29, 0.717) is 17.6 Å². The number of nitrogens with zero attached hydrogens (tertiary/aromatic N) is 2. The van der Waals surface area contributed by atoms with Gasteiger partial charge < -0.3 is 10.2 Å². The van der Waals surface area contributed by atoms with E-state index < -0.39 is 0 Å². The molecule has 2 saturated heterocycles. The smallest absolute Gasteiger partial charge is 0.317 e. The highest BCUT2D eigenvalue weighted by atomic mass is 19.1. The van der Waals surface area contributed by atoms with Crippen LogP contribution in [0.1, 0.15) is 43.4 Å². The molecule has 1 aromatic rings. The molecule has 2 heterocycles. The minimum Gasteiger partial charge on any atom is -0.331 e. The van der Waals surface area contributed by atoms with Gasteiger partial charge in [-0.25, -0.2) is 9.18 Å². The summed E-state index contributed by atoms with van der Waals surface area (Å²) in [6, 6.07) is 5.99. The van der Waals surface area contributed by atoms with Crippen molar-refractivity contribution in [3.63, 3.8) is 0 Å². The topological polar surface area (TPSA) is 35.6 Å². The van der Waals surface area contributed by atoms with Gasteiger partial charge in [-0.15, -0.1) is 0 Å². The maximum atomic E-state index is 13.7. The van der Waals surface area contributed by atoms with Gasteiger partial charge in [0.1, 0.15) is 5.82 Å². The number of likely N-dealkylation sites (tertiary alicyclic amines) is 1. The summed E-state index contributed by atoms with van der Waals surface area (Å²) in [5.74, 6) is -0.225. The Bertz CT molecular complexity index is 592. The molecule has 2 aliphatic rings. The van der Waals surface area contributed by atoms with Gasteiger partial charge in [-0.2, -0.15) is 0 Å². The molecule has 0 aromatic heterocycles. The summed E-state index contributed by atoms with van der Waals surface area (Å²) >= 11 is 0. The van der Waals surface area contributed by atoms with E-state index >= 15 is 0 Å². The van der Waals surface area contributed by atoms with Crippen LogP contribution in [-0.2, 0) is 0 Å². The molecule has 126 valence electrons. The van der Waals surface area contributed by atoms with Crippen molar-refractivity contribution < 1.29 is 9.18 Å². The fraction of sp³-hybridized carbons (Fsp3) is 0.611. The van der Waals surface area contributed by atoms with Gasteiger partial charge in [-0.1, -0.05) is 12.1 Å². The third-order valence-corrected chi connectivity index (χ3v) is 5.47. The van der Waals surface area contributed by atoms with Crippen molar-refractivity contribution in [3.05, 3.63) is 35.1 Å². The van der Waals surface area contributed by atoms with Gasteiger partial charge in [0.15, 0.2) is 0 Å². The van der Waals surface area contributed by atoms with Crippen LogP contribution in [0.15, 0.2) is 18.2 Å². The number of halogens is 1. The third-order valence-electron chi connectivity index (χ3n) is 5.47. The number of hydrogen-bond acceptors (Lipinski definition) is 2. The number of urea groups is 1. The third kappa shape index (κ3) is 3.34. The Labute approximate surface area is 137 Å². The van der Waals surface area contributed by atoms with Crippen LogP contribution in [0, 0.1) is 12.7 Å². The molecule has 0 radical (unpaired) electrons. The standard InChI is InChI=1S/C18H26FN3O/c1-12-4-5-14(10-17(12)19)13(2)20-18(23)22-9-8-15-6-7-16(11-22)21(15)3/h4-5,10,13,15-16H,6-9,11H2,1-3H3,(H,20,23)/t13-,15+,16-/m0/s1. The van der Waals surface area contributed by atoms with E-state index in [1.54, 1.807) is 13.0 Å². The van der Waals surface area contributed by atoms with Crippen LogP contribution in [-0.4, -0.2) is 48.1 Å². The largest absolute Gasteiger partial charge is 0.331 e. The zero-order valence-corrected chi connectivity index (χ0v) is 14.2. The van der Waals surface area contributed by atoms with Gasteiger partial charge in [0, 0.05) is 25.2 Å². The first-order chi connectivity index (χ1) is 11.0. The summed E-state index contributed by atoms with van der Waals surface area (Å²) in [6.45, 7) is 5.23. The molecule has 0 spiro atoms. The Kier molecular flexibility index (Phi) is 4.57. The van der Waals surface area contributed by atoms with Crippen LogP contribution in [0.5, 0.6) is 0 Å². The zero-order chi connectivity index (χ0) is 16.6. The lowest BCUT2D eigenvalue weighted by molar-refractivity contribution is 0.185. The first-order valence-electron chi connectivity index (χ1n) is 8.49. The Balaban J connectivity index is 1.63. The van der Waals surface area contributed by atoms with Crippen molar-refractivity contribution >= 4 is 6.03 Å². The van der Waals surface area contributed by atoms with Crippen molar-refractivity contribution in [2.45, 2.75) is 51.2 Å². The van der Waals surface area contributed by atoms with Crippen LogP contribution < -0.4 is 5.32 Å². The fourth-order valence-corrected chi connectivity index (χ4v) is 3.73. The highest BCUT2D eigenvalue weighted by Crippen LogP contribution is 2.28. The number of nitrogens with one attached hydrogen (secondary N) is 1. The van der Waals surface area contributed by atoms with Crippen LogP contribution in [0.2, 0.25) is 0 Å². The summed E-state index contributed by atoms with van der Waals surface area (Å²) < 4.78 is 13.7. The normalized spacial score (nSPS) is 26.0.